The zero-order chi connectivity index (χ0) is 18.5. The van der Waals surface area contributed by atoms with Crippen LogP contribution in [-0.2, 0) is 9.53 Å². The third kappa shape index (κ3) is 4.38. The largest absolute Gasteiger partial charge is 0.467 e. The number of aromatic nitrogens is 2. The first-order valence-electron chi connectivity index (χ1n) is 8.39. The van der Waals surface area contributed by atoms with Gasteiger partial charge in [0, 0.05) is 37.7 Å². The Hall–Kier alpha value is -2.03. The van der Waals surface area contributed by atoms with Crippen LogP contribution in [0, 0.1) is 5.82 Å². The van der Waals surface area contributed by atoms with Gasteiger partial charge >= 0.3 is 0 Å². The molecule has 1 aliphatic heterocycles. The summed E-state index contributed by atoms with van der Waals surface area (Å²) in [5.41, 5.74) is 0.198. The molecule has 0 spiro atoms. The lowest BCUT2D eigenvalue weighted by Gasteiger charge is -2.36. The summed E-state index contributed by atoms with van der Waals surface area (Å²) in [4.78, 5) is 14.6. The van der Waals surface area contributed by atoms with Crippen LogP contribution < -0.4 is 0 Å². The van der Waals surface area contributed by atoms with Crippen LogP contribution in [0.25, 0.3) is 11.5 Å². The van der Waals surface area contributed by atoms with Gasteiger partial charge in [-0.3, -0.25) is 14.6 Å². The fraction of sp³-hybridized carbons (Fsp3) is 0.471. The number of rotatable bonds is 7. The smallest absolute Gasteiger partial charge is 0.293 e. The first-order valence-corrected chi connectivity index (χ1v) is 8.76. The van der Waals surface area contributed by atoms with Gasteiger partial charge in [-0.2, -0.15) is 0 Å². The minimum absolute atomic E-state index is 0.0770. The molecule has 1 aliphatic rings. The number of benzene rings is 1. The highest BCUT2D eigenvalue weighted by molar-refractivity contribution is 6.30. The molecular weight excluding hydrogens is 363 g/mol. The lowest BCUT2D eigenvalue weighted by Crippen LogP contribution is -2.48. The van der Waals surface area contributed by atoms with Crippen molar-refractivity contribution in [2.45, 2.75) is 13.0 Å². The van der Waals surface area contributed by atoms with Crippen molar-refractivity contribution in [2.75, 3.05) is 39.3 Å². The lowest BCUT2D eigenvalue weighted by molar-refractivity contribution is -0.129. The molecule has 1 aromatic heterocycles. The molecule has 26 heavy (non-hydrogen) atoms. The number of nitrogens with zero attached hydrogens (tertiary/aromatic N) is 4. The van der Waals surface area contributed by atoms with Crippen LogP contribution >= 0.6 is 11.6 Å². The Bertz CT molecular complexity index is 749. The highest BCUT2D eigenvalue weighted by atomic mass is 35.5. The first-order chi connectivity index (χ1) is 12.6. The van der Waals surface area contributed by atoms with Crippen molar-refractivity contribution in [1.29, 1.82) is 0 Å². The van der Waals surface area contributed by atoms with Crippen LogP contribution in [0.1, 0.15) is 18.9 Å². The monoisotopic (exact) mass is 382 g/mol. The van der Waals surface area contributed by atoms with E-state index in [4.69, 9.17) is 20.8 Å². The Kier molecular flexibility index (Phi) is 6.18. The van der Waals surface area contributed by atoms with E-state index in [1.807, 2.05) is 6.92 Å². The summed E-state index contributed by atoms with van der Waals surface area (Å²) in [6.07, 6.45) is 0. The molecule has 0 saturated carbocycles. The molecule has 0 bridgehead atoms. The summed E-state index contributed by atoms with van der Waals surface area (Å²) in [5.74, 6) is 0.108. The Morgan fingerprint density at radius 3 is 2.85 bits per heavy atom. The molecular formula is C17H20ClFN4O3. The van der Waals surface area contributed by atoms with Crippen molar-refractivity contribution in [3.05, 3.63) is 34.9 Å². The van der Waals surface area contributed by atoms with Crippen LogP contribution in [0.5, 0.6) is 0 Å². The molecule has 1 atom stereocenters. The Morgan fingerprint density at radius 2 is 2.12 bits per heavy atom. The van der Waals surface area contributed by atoms with Crippen molar-refractivity contribution >= 4 is 18.1 Å². The second-order valence-corrected chi connectivity index (χ2v) is 6.53. The molecule has 0 amide bonds. The van der Waals surface area contributed by atoms with Crippen molar-refractivity contribution in [3.63, 3.8) is 0 Å². The second-order valence-electron chi connectivity index (χ2n) is 6.09. The number of ether oxygens (including phenoxy) is 1. The van der Waals surface area contributed by atoms with Gasteiger partial charge < -0.3 is 9.15 Å². The average Bonchev–Trinajstić information content (AvgIpc) is 3.14. The molecule has 2 aromatic rings. The van der Waals surface area contributed by atoms with Gasteiger partial charge in [0.25, 0.3) is 12.4 Å². The van der Waals surface area contributed by atoms with Crippen molar-refractivity contribution in [2.24, 2.45) is 0 Å². The first kappa shape index (κ1) is 18.8. The molecule has 1 fully saturated rings. The molecule has 3 rings (SSSR count). The van der Waals surface area contributed by atoms with E-state index in [9.17, 15) is 9.18 Å². The number of piperazine rings is 1. The van der Waals surface area contributed by atoms with Gasteiger partial charge in [0.1, 0.15) is 12.4 Å². The normalized spacial score (nSPS) is 17.2. The van der Waals surface area contributed by atoms with E-state index >= 15 is 0 Å². The summed E-state index contributed by atoms with van der Waals surface area (Å²) in [6, 6.07) is 4.14. The highest BCUT2D eigenvalue weighted by Crippen LogP contribution is 2.28. The van der Waals surface area contributed by atoms with E-state index in [-0.39, 0.29) is 17.5 Å². The standard InChI is InChI=1S/C17H20ClFN4O3/c1-12(23-6-4-22(5-7-23)8-9-25-11-24)16-20-21-17(26-16)14-10-13(18)2-3-15(14)19/h2-3,10-12H,4-9H2,1H3. The van der Waals surface area contributed by atoms with E-state index in [1.165, 1.54) is 18.2 Å². The fourth-order valence-corrected chi connectivity index (χ4v) is 3.11. The minimum atomic E-state index is -0.455. The topological polar surface area (TPSA) is 71.7 Å². The molecule has 140 valence electrons. The van der Waals surface area contributed by atoms with Crippen LogP contribution in [0.4, 0.5) is 4.39 Å². The predicted molar refractivity (Wildman–Crippen MR) is 93.1 cm³/mol. The van der Waals surface area contributed by atoms with E-state index in [1.54, 1.807) is 0 Å². The zero-order valence-electron chi connectivity index (χ0n) is 14.4. The quantitative estimate of drug-likeness (QED) is 0.537. The lowest BCUT2D eigenvalue weighted by atomic mass is 10.2. The van der Waals surface area contributed by atoms with Gasteiger partial charge in [-0.25, -0.2) is 4.39 Å². The van der Waals surface area contributed by atoms with Crippen molar-refractivity contribution in [1.82, 2.24) is 20.0 Å². The Morgan fingerprint density at radius 1 is 1.35 bits per heavy atom. The van der Waals surface area contributed by atoms with Gasteiger partial charge in [-0.15, -0.1) is 10.2 Å². The summed E-state index contributed by atoms with van der Waals surface area (Å²) in [5, 5.41) is 8.45. The van der Waals surface area contributed by atoms with E-state index < -0.39 is 5.82 Å². The van der Waals surface area contributed by atoms with E-state index in [0.29, 0.717) is 24.0 Å². The van der Waals surface area contributed by atoms with Gasteiger partial charge in [0.05, 0.1) is 11.6 Å². The minimum Gasteiger partial charge on any atom is -0.467 e. The van der Waals surface area contributed by atoms with Crippen LogP contribution in [0.3, 0.4) is 0 Å². The van der Waals surface area contributed by atoms with Gasteiger partial charge in [-0.1, -0.05) is 11.6 Å². The Labute approximate surface area is 155 Å². The molecule has 0 N–H and O–H groups in total. The van der Waals surface area contributed by atoms with Crippen molar-refractivity contribution in [3.8, 4) is 11.5 Å². The van der Waals surface area contributed by atoms with Crippen LogP contribution in [0.2, 0.25) is 5.02 Å². The van der Waals surface area contributed by atoms with Crippen LogP contribution in [0.15, 0.2) is 22.6 Å². The molecule has 1 saturated heterocycles. The third-order valence-corrected chi connectivity index (χ3v) is 4.74. The van der Waals surface area contributed by atoms with Gasteiger partial charge in [-0.05, 0) is 25.1 Å². The average molecular weight is 383 g/mol. The molecule has 1 unspecified atom stereocenters. The molecule has 7 nitrogen and oxygen atoms in total. The number of carbonyl (C=O) groups is 1. The number of halogens is 2. The molecule has 1 aromatic carbocycles. The van der Waals surface area contributed by atoms with Gasteiger partial charge in [0.2, 0.25) is 5.89 Å². The number of hydrogen-bond acceptors (Lipinski definition) is 7. The second kappa shape index (κ2) is 8.57. The van der Waals surface area contributed by atoms with Gasteiger partial charge in [0.15, 0.2) is 0 Å². The Balaban J connectivity index is 1.61. The maximum absolute atomic E-state index is 14.0. The molecule has 9 heteroatoms. The van der Waals surface area contributed by atoms with Crippen LogP contribution in [-0.4, -0.2) is 65.8 Å². The number of carbonyl (C=O) groups excluding carboxylic acids is 1. The summed E-state index contributed by atoms with van der Waals surface area (Å²) in [6.45, 7) is 6.94. The molecule has 2 heterocycles. The SMILES string of the molecule is CC(c1nnc(-c2cc(Cl)ccc2F)o1)N1CCN(CCOC=O)CC1. The maximum atomic E-state index is 14.0. The highest BCUT2D eigenvalue weighted by Gasteiger charge is 2.26. The fourth-order valence-electron chi connectivity index (χ4n) is 2.93. The summed E-state index contributed by atoms with van der Waals surface area (Å²) < 4.78 is 24.4. The maximum Gasteiger partial charge on any atom is 0.293 e. The number of hydrogen-bond donors (Lipinski definition) is 0. The molecule has 0 aliphatic carbocycles. The summed E-state index contributed by atoms with van der Waals surface area (Å²) in [7, 11) is 0. The molecule has 0 radical (unpaired) electrons. The zero-order valence-corrected chi connectivity index (χ0v) is 15.2. The van der Waals surface area contributed by atoms with E-state index in [2.05, 4.69) is 20.0 Å². The predicted octanol–water partition coefficient (Wildman–Crippen LogP) is 2.38. The van der Waals surface area contributed by atoms with Crippen molar-refractivity contribution < 1.29 is 18.3 Å². The summed E-state index contributed by atoms with van der Waals surface area (Å²) >= 11 is 5.92. The third-order valence-electron chi connectivity index (χ3n) is 4.50. The van der Waals surface area contributed by atoms with E-state index in [0.717, 1.165) is 32.7 Å².